The fourth-order valence-corrected chi connectivity index (χ4v) is 1.68. The molecular weight excluding hydrogens is 204 g/mol. The van der Waals surface area contributed by atoms with Gasteiger partial charge in [-0.2, -0.15) is 0 Å². The van der Waals surface area contributed by atoms with Crippen molar-refractivity contribution in [1.82, 2.24) is 9.97 Å². The van der Waals surface area contributed by atoms with Crippen molar-refractivity contribution in [3.05, 3.63) is 54.2 Å². The Hall–Kier alpha value is -2.07. The zero-order chi connectivity index (χ0) is 11.0. The number of benzene rings is 1. The van der Waals surface area contributed by atoms with Gasteiger partial charge in [-0.1, -0.05) is 12.1 Å². The van der Waals surface area contributed by atoms with Gasteiger partial charge < -0.3 is 14.5 Å². The highest BCUT2D eigenvalue weighted by molar-refractivity contribution is 5.74. The van der Waals surface area contributed by atoms with Crippen LogP contribution in [-0.2, 0) is 0 Å². The summed E-state index contributed by atoms with van der Waals surface area (Å²) in [5.41, 5.74) is 1.74. The first-order valence-corrected chi connectivity index (χ1v) is 5.01. The number of H-pyrrole nitrogens is 1. The van der Waals surface area contributed by atoms with Gasteiger partial charge in [0.1, 0.15) is 11.6 Å². The van der Waals surface area contributed by atoms with Crippen molar-refractivity contribution in [2.45, 2.75) is 6.10 Å². The molecule has 0 aliphatic rings. The van der Waals surface area contributed by atoms with Crippen LogP contribution in [0.5, 0.6) is 0 Å². The maximum atomic E-state index is 9.99. The molecule has 0 saturated carbocycles. The lowest BCUT2D eigenvalue weighted by Crippen LogP contribution is -1.99. The molecule has 0 radical (unpaired) electrons. The smallest absolute Gasteiger partial charge is 0.169 e. The first kappa shape index (κ1) is 9.18. The van der Waals surface area contributed by atoms with E-state index in [1.54, 1.807) is 12.1 Å². The number of rotatable bonds is 2. The molecule has 0 saturated heterocycles. The lowest BCUT2D eigenvalue weighted by atomic mass is 10.2. The average molecular weight is 214 g/mol. The van der Waals surface area contributed by atoms with Crippen LogP contribution < -0.4 is 0 Å². The number of nitrogens with one attached hydrogen (secondary N) is 1. The zero-order valence-corrected chi connectivity index (χ0v) is 8.42. The van der Waals surface area contributed by atoms with Crippen LogP contribution in [-0.4, -0.2) is 15.1 Å². The molecule has 80 valence electrons. The Bertz CT molecular complexity index is 565. The number of aromatic amines is 1. The van der Waals surface area contributed by atoms with Crippen molar-refractivity contribution in [3.63, 3.8) is 0 Å². The Morgan fingerprint density at radius 1 is 1.19 bits per heavy atom. The van der Waals surface area contributed by atoms with Gasteiger partial charge in [0.25, 0.3) is 0 Å². The van der Waals surface area contributed by atoms with Crippen molar-refractivity contribution in [3.8, 4) is 0 Å². The molecule has 0 unspecified atom stereocenters. The monoisotopic (exact) mass is 214 g/mol. The molecule has 4 heteroatoms. The number of aliphatic hydroxyl groups is 1. The third-order valence-corrected chi connectivity index (χ3v) is 2.48. The molecule has 16 heavy (non-hydrogen) atoms. The molecule has 0 amide bonds. The van der Waals surface area contributed by atoms with Crippen LogP contribution in [0, 0.1) is 0 Å². The van der Waals surface area contributed by atoms with Crippen LogP contribution in [0.4, 0.5) is 0 Å². The highest BCUT2D eigenvalue weighted by atomic mass is 16.4. The normalized spacial score (nSPS) is 13.1. The quantitative estimate of drug-likeness (QED) is 0.687. The van der Waals surface area contributed by atoms with Gasteiger partial charge in [-0.25, -0.2) is 4.98 Å². The first-order chi connectivity index (χ1) is 7.84. The van der Waals surface area contributed by atoms with E-state index in [0.717, 1.165) is 11.0 Å². The Balaban J connectivity index is 2.06. The standard InChI is InChI=1S/C12H10N2O2/c15-11(10-6-3-7-16-10)12-13-8-4-1-2-5-9(8)14-12/h1-7,11,15H,(H,13,14)/t11-/m0/s1. The van der Waals surface area contributed by atoms with Gasteiger partial charge in [-0.05, 0) is 24.3 Å². The van der Waals surface area contributed by atoms with E-state index in [0.29, 0.717) is 11.6 Å². The Labute approximate surface area is 91.6 Å². The molecule has 3 aromatic rings. The van der Waals surface area contributed by atoms with E-state index in [-0.39, 0.29) is 0 Å². The molecule has 4 nitrogen and oxygen atoms in total. The number of hydrogen-bond acceptors (Lipinski definition) is 3. The van der Waals surface area contributed by atoms with Crippen LogP contribution in [0.15, 0.2) is 47.1 Å². The number of aromatic nitrogens is 2. The Kier molecular flexibility index (Phi) is 2.01. The maximum absolute atomic E-state index is 9.99. The van der Waals surface area contributed by atoms with Gasteiger partial charge in [-0.15, -0.1) is 0 Å². The summed E-state index contributed by atoms with van der Waals surface area (Å²) in [6.45, 7) is 0. The molecule has 0 aliphatic heterocycles. The maximum Gasteiger partial charge on any atom is 0.169 e. The number of para-hydroxylation sites is 2. The summed E-state index contributed by atoms with van der Waals surface area (Å²) in [5.74, 6) is 0.982. The van der Waals surface area contributed by atoms with Crippen LogP contribution in [0.2, 0.25) is 0 Å². The summed E-state index contributed by atoms with van der Waals surface area (Å²) in [6.07, 6.45) is 0.684. The summed E-state index contributed by atoms with van der Waals surface area (Å²) in [4.78, 5) is 7.37. The number of hydrogen-bond donors (Lipinski definition) is 2. The van der Waals surface area contributed by atoms with Crippen LogP contribution in [0.3, 0.4) is 0 Å². The van der Waals surface area contributed by atoms with Crippen LogP contribution in [0.1, 0.15) is 17.7 Å². The zero-order valence-electron chi connectivity index (χ0n) is 8.42. The van der Waals surface area contributed by atoms with E-state index < -0.39 is 6.10 Å². The highest BCUT2D eigenvalue weighted by Gasteiger charge is 2.16. The summed E-state index contributed by atoms with van der Waals surface area (Å²) >= 11 is 0. The van der Waals surface area contributed by atoms with E-state index in [9.17, 15) is 5.11 Å². The predicted molar refractivity (Wildman–Crippen MR) is 58.9 cm³/mol. The van der Waals surface area contributed by atoms with E-state index in [1.807, 2.05) is 24.3 Å². The number of nitrogens with zero attached hydrogens (tertiary/aromatic N) is 1. The molecule has 2 N–H and O–H groups in total. The summed E-state index contributed by atoms with van der Waals surface area (Å²) in [5, 5.41) is 9.99. The minimum Gasteiger partial charge on any atom is -0.466 e. The number of aliphatic hydroxyl groups excluding tert-OH is 1. The fourth-order valence-electron chi connectivity index (χ4n) is 1.68. The number of imidazole rings is 1. The summed E-state index contributed by atoms with van der Waals surface area (Å²) in [7, 11) is 0. The summed E-state index contributed by atoms with van der Waals surface area (Å²) < 4.78 is 5.14. The predicted octanol–water partition coefficient (Wildman–Crippen LogP) is 2.24. The molecule has 1 aromatic carbocycles. The van der Waals surface area contributed by atoms with E-state index in [1.165, 1.54) is 6.26 Å². The van der Waals surface area contributed by atoms with Crippen molar-refractivity contribution in [2.24, 2.45) is 0 Å². The van der Waals surface area contributed by atoms with Gasteiger partial charge in [-0.3, -0.25) is 0 Å². The van der Waals surface area contributed by atoms with Crippen molar-refractivity contribution in [1.29, 1.82) is 0 Å². The van der Waals surface area contributed by atoms with Gasteiger partial charge in [0.2, 0.25) is 0 Å². The van der Waals surface area contributed by atoms with Gasteiger partial charge in [0.05, 0.1) is 17.3 Å². The Morgan fingerprint density at radius 3 is 2.81 bits per heavy atom. The lowest BCUT2D eigenvalue weighted by molar-refractivity contribution is 0.181. The van der Waals surface area contributed by atoms with Gasteiger partial charge in [0, 0.05) is 0 Å². The third kappa shape index (κ3) is 1.40. The molecule has 3 rings (SSSR count). The van der Waals surface area contributed by atoms with Crippen molar-refractivity contribution < 1.29 is 9.52 Å². The molecule has 1 atom stereocenters. The Morgan fingerprint density at radius 2 is 2.06 bits per heavy atom. The topological polar surface area (TPSA) is 62.1 Å². The van der Waals surface area contributed by atoms with Gasteiger partial charge >= 0.3 is 0 Å². The van der Waals surface area contributed by atoms with Crippen LogP contribution in [0.25, 0.3) is 11.0 Å². The molecule has 0 bridgehead atoms. The molecule has 2 heterocycles. The number of furan rings is 1. The third-order valence-electron chi connectivity index (χ3n) is 2.48. The fraction of sp³-hybridized carbons (Fsp3) is 0.0833. The molecule has 0 fully saturated rings. The molecule has 0 aliphatic carbocycles. The minimum atomic E-state index is -0.845. The second kappa shape index (κ2) is 3.50. The van der Waals surface area contributed by atoms with Crippen molar-refractivity contribution >= 4 is 11.0 Å². The first-order valence-electron chi connectivity index (χ1n) is 5.01. The largest absolute Gasteiger partial charge is 0.466 e. The lowest BCUT2D eigenvalue weighted by Gasteiger charge is -2.02. The summed E-state index contributed by atoms with van der Waals surface area (Å²) in [6, 6.07) is 11.1. The van der Waals surface area contributed by atoms with E-state index in [4.69, 9.17) is 4.42 Å². The average Bonchev–Trinajstić information content (AvgIpc) is 2.97. The van der Waals surface area contributed by atoms with Gasteiger partial charge in [0.15, 0.2) is 6.10 Å². The number of fused-ring (bicyclic) bond motifs is 1. The second-order valence-electron chi connectivity index (χ2n) is 3.56. The minimum absolute atomic E-state index is 0.485. The molecule has 0 spiro atoms. The second-order valence-corrected chi connectivity index (χ2v) is 3.56. The SMILES string of the molecule is O[C@H](c1nc2ccccc2[nH]1)c1ccco1. The molecule has 2 aromatic heterocycles. The van der Waals surface area contributed by atoms with Crippen LogP contribution >= 0.6 is 0 Å². The van der Waals surface area contributed by atoms with Crippen molar-refractivity contribution in [2.75, 3.05) is 0 Å². The van der Waals surface area contributed by atoms with E-state index in [2.05, 4.69) is 9.97 Å². The molecular formula is C12H10N2O2. The highest BCUT2D eigenvalue weighted by Crippen LogP contribution is 2.22. The van der Waals surface area contributed by atoms with E-state index >= 15 is 0 Å².